The predicted molar refractivity (Wildman–Crippen MR) is 205 cm³/mol. The van der Waals surface area contributed by atoms with Gasteiger partial charge in [0.1, 0.15) is 12.7 Å². The first-order valence-corrected chi connectivity index (χ1v) is 21.1. The average molecular weight is 743 g/mol. The number of carbonyl (C=O) groups excluding carboxylic acids is 2. The van der Waals surface area contributed by atoms with Gasteiger partial charge in [-0.1, -0.05) is 120 Å². The average Bonchev–Trinajstić information content (AvgIpc) is 3.12. The highest BCUT2D eigenvalue weighted by Crippen LogP contribution is 2.43. The van der Waals surface area contributed by atoms with Crippen LogP contribution in [0.1, 0.15) is 155 Å². The summed E-state index contributed by atoms with van der Waals surface area (Å²) in [6.07, 6.45) is 36.5. The zero-order chi connectivity index (χ0) is 37.7. The molecule has 3 N–H and O–H groups in total. The second kappa shape index (κ2) is 36.3. The molecular weight excluding hydrogens is 671 g/mol. The van der Waals surface area contributed by atoms with Crippen LogP contribution >= 0.6 is 7.82 Å². The van der Waals surface area contributed by atoms with Gasteiger partial charge in [-0.3, -0.25) is 18.6 Å². The summed E-state index contributed by atoms with van der Waals surface area (Å²) in [7, 11) is -4.62. The van der Waals surface area contributed by atoms with E-state index in [0.717, 1.165) is 89.9 Å². The van der Waals surface area contributed by atoms with Gasteiger partial charge in [0.15, 0.2) is 6.10 Å². The van der Waals surface area contributed by atoms with Crippen LogP contribution in [0.5, 0.6) is 0 Å². The van der Waals surface area contributed by atoms with Crippen LogP contribution in [0.3, 0.4) is 0 Å². The molecule has 3 atom stereocenters. The summed E-state index contributed by atoms with van der Waals surface area (Å²) in [6.45, 7) is 2.20. The van der Waals surface area contributed by atoms with Gasteiger partial charge in [0.25, 0.3) is 0 Å². The van der Waals surface area contributed by atoms with Gasteiger partial charge in [-0.15, -0.1) is 0 Å². The summed E-state index contributed by atoms with van der Waals surface area (Å²) >= 11 is 0. The fourth-order valence-corrected chi connectivity index (χ4v) is 5.73. The topological polar surface area (TPSA) is 149 Å². The van der Waals surface area contributed by atoms with E-state index in [2.05, 4.69) is 67.0 Å². The van der Waals surface area contributed by atoms with Crippen LogP contribution in [0.25, 0.3) is 0 Å². The predicted octanol–water partition coefficient (Wildman–Crippen LogP) is 9.78. The van der Waals surface area contributed by atoms with E-state index in [1.807, 2.05) is 0 Å². The Morgan fingerprint density at radius 2 is 1.08 bits per heavy atom. The van der Waals surface area contributed by atoms with Crippen LogP contribution < -0.4 is 0 Å². The first-order valence-electron chi connectivity index (χ1n) is 19.6. The largest absolute Gasteiger partial charge is 0.472 e. The van der Waals surface area contributed by atoms with Crippen molar-refractivity contribution in [2.75, 3.05) is 26.4 Å². The Morgan fingerprint density at radius 1 is 0.608 bits per heavy atom. The van der Waals surface area contributed by atoms with E-state index in [9.17, 15) is 24.2 Å². The standard InChI is InChI=1S/C40H71O10P/c1-3-5-7-9-11-13-15-17-18-20-21-23-25-27-29-31-39(43)47-35-38(36-49-51(45,46)48-34-37(42)33-41)50-40(44)32-30-28-26-24-22-19-16-14-12-10-8-6-4-2/h5,7,11,13-14,16-18,37-38,41-42H,3-4,6,8-10,12,15,19-36H2,1-2H3,(H,45,46)/t37-,38+/m0/s1. The van der Waals surface area contributed by atoms with E-state index in [4.69, 9.17) is 19.1 Å². The number of unbranched alkanes of at least 4 members (excludes halogenated alkanes) is 14. The molecule has 1 unspecified atom stereocenters. The molecule has 0 aliphatic heterocycles. The molecule has 0 spiro atoms. The van der Waals surface area contributed by atoms with Gasteiger partial charge in [-0.2, -0.15) is 0 Å². The van der Waals surface area contributed by atoms with E-state index in [1.54, 1.807) is 0 Å². The summed E-state index contributed by atoms with van der Waals surface area (Å²) in [6, 6.07) is 0. The van der Waals surface area contributed by atoms with E-state index in [0.29, 0.717) is 12.8 Å². The molecular formula is C40H71O10P. The number of phosphoric acid groups is 1. The number of hydrogen-bond acceptors (Lipinski definition) is 9. The van der Waals surface area contributed by atoms with Crippen molar-refractivity contribution in [1.82, 2.24) is 0 Å². The number of phosphoric ester groups is 1. The van der Waals surface area contributed by atoms with Crippen LogP contribution in [0, 0.1) is 0 Å². The highest BCUT2D eigenvalue weighted by molar-refractivity contribution is 7.47. The van der Waals surface area contributed by atoms with Gasteiger partial charge < -0.3 is 24.6 Å². The Bertz CT molecular complexity index is 994. The van der Waals surface area contributed by atoms with Gasteiger partial charge in [-0.05, 0) is 70.6 Å². The second-order valence-electron chi connectivity index (χ2n) is 12.9. The molecule has 0 radical (unpaired) electrons. The molecule has 11 heteroatoms. The van der Waals surface area contributed by atoms with Crippen molar-refractivity contribution in [3.05, 3.63) is 48.6 Å². The first-order chi connectivity index (χ1) is 24.7. The molecule has 0 aromatic rings. The molecule has 0 bridgehead atoms. The lowest BCUT2D eigenvalue weighted by atomic mass is 10.1. The zero-order valence-electron chi connectivity index (χ0n) is 31.8. The number of ether oxygens (including phenoxy) is 2. The highest BCUT2D eigenvalue weighted by atomic mass is 31.2. The fraction of sp³-hybridized carbons (Fsp3) is 0.750. The van der Waals surface area contributed by atoms with Crippen LogP contribution in [0.4, 0.5) is 0 Å². The third-order valence-electron chi connectivity index (χ3n) is 7.97. The molecule has 0 saturated carbocycles. The monoisotopic (exact) mass is 742 g/mol. The van der Waals surface area contributed by atoms with Gasteiger partial charge in [-0.25, -0.2) is 4.57 Å². The van der Waals surface area contributed by atoms with Crippen molar-refractivity contribution < 1.29 is 47.8 Å². The number of esters is 2. The Morgan fingerprint density at radius 3 is 1.65 bits per heavy atom. The number of rotatable bonds is 36. The van der Waals surface area contributed by atoms with Gasteiger partial charge in [0.2, 0.25) is 0 Å². The maximum Gasteiger partial charge on any atom is 0.472 e. The minimum atomic E-state index is -4.62. The molecule has 10 nitrogen and oxygen atoms in total. The molecule has 0 aromatic heterocycles. The molecule has 0 fully saturated rings. The number of carbonyl (C=O) groups is 2. The van der Waals surface area contributed by atoms with E-state index < -0.39 is 51.8 Å². The SMILES string of the molecule is CCC=CCC=CCC=CCCCCCCCC(=O)OC[C@H](COP(=O)(O)OC[C@@H](O)CO)OC(=O)CCCCCCCC=CCCCCCC. The highest BCUT2D eigenvalue weighted by Gasteiger charge is 2.27. The van der Waals surface area contributed by atoms with E-state index in [1.165, 1.54) is 25.7 Å². The lowest BCUT2D eigenvalue weighted by Gasteiger charge is -2.20. The lowest BCUT2D eigenvalue weighted by molar-refractivity contribution is -0.161. The van der Waals surface area contributed by atoms with Gasteiger partial charge >= 0.3 is 19.8 Å². The second-order valence-corrected chi connectivity index (χ2v) is 14.4. The van der Waals surface area contributed by atoms with Gasteiger partial charge in [0.05, 0.1) is 19.8 Å². The maximum atomic E-state index is 12.5. The zero-order valence-corrected chi connectivity index (χ0v) is 32.7. The normalized spacial score (nSPS) is 14.5. The lowest BCUT2D eigenvalue weighted by Crippen LogP contribution is -2.29. The molecule has 0 amide bonds. The Balaban J connectivity index is 4.40. The number of aliphatic hydroxyl groups excluding tert-OH is 2. The molecule has 0 aromatic carbocycles. The van der Waals surface area contributed by atoms with Gasteiger partial charge in [0, 0.05) is 12.8 Å². The minimum Gasteiger partial charge on any atom is -0.462 e. The Labute approximate surface area is 309 Å². The van der Waals surface area contributed by atoms with Crippen molar-refractivity contribution in [3.8, 4) is 0 Å². The summed E-state index contributed by atoms with van der Waals surface area (Å²) in [5.41, 5.74) is 0. The van der Waals surface area contributed by atoms with E-state index >= 15 is 0 Å². The van der Waals surface area contributed by atoms with Crippen molar-refractivity contribution in [2.45, 2.75) is 167 Å². The molecule has 0 aliphatic rings. The molecule has 51 heavy (non-hydrogen) atoms. The van der Waals surface area contributed by atoms with Crippen LogP contribution in [-0.2, 0) is 32.7 Å². The molecule has 0 saturated heterocycles. The van der Waals surface area contributed by atoms with Crippen molar-refractivity contribution in [3.63, 3.8) is 0 Å². The molecule has 0 heterocycles. The van der Waals surface area contributed by atoms with E-state index in [-0.39, 0.29) is 19.4 Å². The minimum absolute atomic E-state index is 0.169. The Kier molecular flexibility index (Phi) is 34.8. The number of allylic oxidation sites excluding steroid dienone is 8. The summed E-state index contributed by atoms with van der Waals surface area (Å²) in [4.78, 5) is 34.8. The number of aliphatic hydroxyl groups is 2. The molecule has 0 aliphatic carbocycles. The third kappa shape index (κ3) is 36.1. The third-order valence-corrected chi connectivity index (χ3v) is 8.92. The van der Waals surface area contributed by atoms with Crippen LogP contribution in [-0.4, -0.2) is 65.7 Å². The molecule has 296 valence electrons. The quantitative estimate of drug-likeness (QED) is 0.0245. The van der Waals surface area contributed by atoms with Crippen LogP contribution in [0.15, 0.2) is 48.6 Å². The summed E-state index contributed by atoms with van der Waals surface area (Å²) in [5, 5.41) is 18.3. The van der Waals surface area contributed by atoms with Crippen molar-refractivity contribution >= 4 is 19.8 Å². The number of hydrogen-bond donors (Lipinski definition) is 3. The van der Waals surface area contributed by atoms with Crippen molar-refractivity contribution in [1.29, 1.82) is 0 Å². The maximum absolute atomic E-state index is 12.5. The van der Waals surface area contributed by atoms with Crippen molar-refractivity contribution in [2.24, 2.45) is 0 Å². The van der Waals surface area contributed by atoms with Crippen LogP contribution in [0.2, 0.25) is 0 Å². The first kappa shape index (κ1) is 48.9. The smallest absolute Gasteiger partial charge is 0.462 e. The molecule has 0 rings (SSSR count). The fourth-order valence-electron chi connectivity index (χ4n) is 4.94. The Hall–Kier alpha value is -2.07. The summed E-state index contributed by atoms with van der Waals surface area (Å²) < 4.78 is 32.6. The summed E-state index contributed by atoms with van der Waals surface area (Å²) in [5.74, 6) is -0.959.